The van der Waals surface area contributed by atoms with Gasteiger partial charge in [0, 0.05) is 9.64 Å². The van der Waals surface area contributed by atoms with Crippen LogP contribution in [0.2, 0.25) is 0 Å². The quantitative estimate of drug-likeness (QED) is 0.602. The van der Waals surface area contributed by atoms with Crippen molar-refractivity contribution in [3.63, 3.8) is 0 Å². The molecule has 0 fully saturated rings. The summed E-state index contributed by atoms with van der Waals surface area (Å²) in [5, 5.41) is 0. The Balaban J connectivity index is 0.00000121. The molecule has 0 spiro atoms. The van der Waals surface area contributed by atoms with Crippen LogP contribution in [0.1, 0.15) is 20.8 Å². The molecule has 12 heavy (non-hydrogen) atoms. The van der Waals surface area contributed by atoms with Gasteiger partial charge >= 0.3 is 0 Å². The summed E-state index contributed by atoms with van der Waals surface area (Å²) in [4.78, 5) is 1.35. The van der Waals surface area contributed by atoms with Crippen molar-refractivity contribution in [2.75, 3.05) is 0 Å². The molecule has 68 valence electrons. The third-order valence-electron chi connectivity index (χ3n) is 1.17. The van der Waals surface area contributed by atoms with E-state index in [1.807, 2.05) is 17.8 Å². The zero-order chi connectivity index (χ0) is 8.32. The molecule has 0 aliphatic carbocycles. The van der Waals surface area contributed by atoms with Gasteiger partial charge in [-0.3, -0.25) is 4.70 Å². The average Bonchev–Trinajstić information content (AvgIpc) is 1.85. The Bertz CT molecular complexity index is 213. The zero-order valence-electron chi connectivity index (χ0n) is 7.70. The number of rotatable bonds is 1. The minimum Gasteiger partial charge on any atom is -0.269 e. The smallest absolute Gasteiger partial charge is 0.0122 e. The van der Waals surface area contributed by atoms with Crippen molar-refractivity contribution < 1.29 is 4.70 Å². The minimum atomic E-state index is 0. The van der Waals surface area contributed by atoms with Crippen molar-refractivity contribution in [3.8, 4) is 0 Å². The van der Waals surface area contributed by atoms with Gasteiger partial charge in [0.15, 0.2) is 0 Å². The Kier molecular flexibility index (Phi) is 4.32. The molecule has 0 heterocycles. The first-order valence-corrected chi connectivity index (χ1v) is 4.64. The first kappa shape index (κ1) is 11.5. The highest BCUT2D eigenvalue weighted by Crippen LogP contribution is 2.30. The first-order valence-electron chi connectivity index (χ1n) is 3.82. The van der Waals surface area contributed by atoms with E-state index in [2.05, 4.69) is 45.0 Å². The number of benzene rings is 1. The lowest BCUT2D eigenvalue weighted by Crippen LogP contribution is -2.06. The third-order valence-corrected chi connectivity index (χ3v) is 2.29. The Labute approximate surface area is 77.7 Å². The average molecular weight is 186 g/mol. The van der Waals surface area contributed by atoms with Crippen molar-refractivity contribution in [1.29, 1.82) is 0 Å². The molecule has 0 radical (unpaired) electrons. The summed E-state index contributed by atoms with van der Waals surface area (Å²) in [6.45, 7) is 6.68. The molecule has 0 aliphatic rings. The molecule has 0 unspecified atom stereocenters. The van der Waals surface area contributed by atoms with E-state index >= 15 is 0 Å². The van der Waals surface area contributed by atoms with Crippen molar-refractivity contribution >= 4 is 11.8 Å². The minimum absolute atomic E-state index is 0. The van der Waals surface area contributed by atoms with E-state index in [0.29, 0.717) is 4.75 Å². The molecule has 0 saturated carbocycles. The van der Waals surface area contributed by atoms with Crippen LogP contribution < -0.4 is 0 Å². The number of thioether (sulfide) groups is 1. The van der Waals surface area contributed by atoms with Crippen LogP contribution in [-0.2, 0) is 0 Å². The predicted octanol–water partition coefficient (Wildman–Crippen LogP) is 3.73. The van der Waals surface area contributed by atoms with Crippen LogP contribution in [0.25, 0.3) is 0 Å². The standard InChI is InChI=1S/C10H14S.FH/c1-10(2,3)11-9-7-5-4-6-8-9;/h4-8H,1-3H3;1H. The van der Waals surface area contributed by atoms with Crippen LogP contribution in [0.5, 0.6) is 0 Å². The maximum Gasteiger partial charge on any atom is 0.0122 e. The van der Waals surface area contributed by atoms with Crippen molar-refractivity contribution in [3.05, 3.63) is 30.3 Å². The Morgan fingerprint density at radius 1 is 1.00 bits per heavy atom. The second-order valence-electron chi connectivity index (χ2n) is 3.53. The molecule has 1 aromatic carbocycles. The summed E-state index contributed by atoms with van der Waals surface area (Å²) in [6.07, 6.45) is 0. The largest absolute Gasteiger partial charge is 0.269 e. The van der Waals surface area contributed by atoms with E-state index in [1.165, 1.54) is 4.90 Å². The van der Waals surface area contributed by atoms with Gasteiger partial charge in [-0.25, -0.2) is 0 Å². The molecule has 0 aliphatic heterocycles. The van der Waals surface area contributed by atoms with Crippen LogP contribution in [-0.4, -0.2) is 4.75 Å². The molecular formula is C10H15FS. The highest BCUT2D eigenvalue weighted by atomic mass is 32.2. The van der Waals surface area contributed by atoms with Crippen LogP contribution in [0.4, 0.5) is 4.70 Å². The van der Waals surface area contributed by atoms with Crippen molar-refractivity contribution in [2.45, 2.75) is 30.4 Å². The summed E-state index contributed by atoms with van der Waals surface area (Å²) in [5.41, 5.74) is 0. The first-order chi connectivity index (χ1) is 5.08. The summed E-state index contributed by atoms with van der Waals surface area (Å²) in [7, 11) is 0. The van der Waals surface area contributed by atoms with Crippen LogP contribution >= 0.6 is 11.8 Å². The molecular weight excluding hydrogens is 171 g/mol. The van der Waals surface area contributed by atoms with Gasteiger partial charge in [0.1, 0.15) is 0 Å². The molecule has 0 nitrogen and oxygen atoms in total. The van der Waals surface area contributed by atoms with E-state index < -0.39 is 0 Å². The number of hydrogen-bond acceptors (Lipinski definition) is 1. The molecule has 0 aromatic heterocycles. The van der Waals surface area contributed by atoms with Gasteiger partial charge < -0.3 is 0 Å². The van der Waals surface area contributed by atoms with Crippen molar-refractivity contribution in [1.82, 2.24) is 0 Å². The topological polar surface area (TPSA) is 0 Å². The van der Waals surface area contributed by atoms with Gasteiger partial charge in [-0.15, -0.1) is 11.8 Å². The van der Waals surface area contributed by atoms with Gasteiger partial charge in [-0.2, -0.15) is 0 Å². The maximum atomic E-state index is 2.23. The van der Waals surface area contributed by atoms with Crippen molar-refractivity contribution in [2.24, 2.45) is 0 Å². The van der Waals surface area contributed by atoms with Crippen LogP contribution in [0, 0.1) is 0 Å². The van der Waals surface area contributed by atoms with E-state index in [0.717, 1.165) is 0 Å². The number of hydrogen-bond donors (Lipinski definition) is 0. The lowest BCUT2D eigenvalue weighted by atomic mass is 10.3. The highest BCUT2D eigenvalue weighted by molar-refractivity contribution is 8.00. The Morgan fingerprint density at radius 3 is 1.92 bits per heavy atom. The molecule has 1 rings (SSSR count). The molecule has 0 saturated heterocycles. The van der Waals surface area contributed by atoms with Gasteiger partial charge in [0.25, 0.3) is 0 Å². The van der Waals surface area contributed by atoms with Crippen LogP contribution in [0.15, 0.2) is 35.2 Å². The molecule has 0 N–H and O–H groups in total. The lowest BCUT2D eigenvalue weighted by molar-refractivity contribution is 0.803. The van der Waals surface area contributed by atoms with E-state index in [-0.39, 0.29) is 4.70 Å². The van der Waals surface area contributed by atoms with E-state index in [1.54, 1.807) is 0 Å². The zero-order valence-corrected chi connectivity index (χ0v) is 8.52. The molecule has 1 aromatic rings. The van der Waals surface area contributed by atoms with E-state index in [4.69, 9.17) is 0 Å². The maximum absolute atomic E-state index is 2.23. The predicted molar refractivity (Wildman–Crippen MR) is 54.6 cm³/mol. The molecule has 0 amide bonds. The molecule has 0 bridgehead atoms. The fraction of sp³-hybridized carbons (Fsp3) is 0.400. The van der Waals surface area contributed by atoms with Gasteiger partial charge in [-0.05, 0) is 12.1 Å². The fourth-order valence-electron chi connectivity index (χ4n) is 0.842. The summed E-state index contributed by atoms with van der Waals surface area (Å²) >= 11 is 1.90. The SMILES string of the molecule is CC(C)(C)Sc1ccccc1.F. The van der Waals surface area contributed by atoms with Gasteiger partial charge in [0.05, 0.1) is 0 Å². The summed E-state index contributed by atoms with van der Waals surface area (Å²) < 4.78 is 0.321. The number of halogens is 1. The Morgan fingerprint density at radius 2 is 1.50 bits per heavy atom. The monoisotopic (exact) mass is 186 g/mol. The van der Waals surface area contributed by atoms with Crippen LogP contribution in [0.3, 0.4) is 0 Å². The van der Waals surface area contributed by atoms with Gasteiger partial charge in [0.2, 0.25) is 0 Å². The summed E-state index contributed by atoms with van der Waals surface area (Å²) in [6, 6.07) is 10.5. The second kappa shape index (κ2) is 4.51. The molecule has 0 atom stereocenters. The highest BCUT2D eigenvalue weighted by Gasteiger charge is 2.10. The third kappa shape index (κ3) is 4.39. The fourth-order valence-corrected chi connectivity index (χ4v) is 1.84. The lowest BCUT2D eigenvalue weighted by Gasteiger charge is -2.16. The Hall–Kier alpha value is -0.500. The van der Waals surface area contributed by atoms with E-state index in [9.17, 15) is 0 Å². The second-order valence-corrected chi connectivity index (χ2v) is 5.43. The summed E-state index contributed by atoms with van der Waals surface area (Å²) in [5.74, 6) is 0. The van der Waals surface area contributed by atoms with Gasteiger partial charge in [-0.1, -0.05) is 39.0 Å². The molecule has 2 heteroatoms. The normalized spacial score (nSPS) is 10.6.